The van der Waals surface area contributed by atoms with Gasteiger partial charge in [0.2, 0.25) is 15.9 Å². The fourth-order valence-corrected chi connectivity index (χ4v) is 5.97. The zero-order valence-electron chi connectivity index (χ0n) is 26.0. The number of fused-ring (bicyclic) bond motifs is 1. The average molecular weight is 641 g/mol. The molecule has 3 aromatic carbocycles. The van der Waals surface area contributed by atoms with E-state index in [1.54, 1.807) is 36.4 Å². The van der Waals surface area contributed by atoms with Gasteiger partial charge in [0.1, 0.15) is 12.4 Å². The average Bonchev–Trinajstić information content (AvgIpc) is 2.99. The molecule has 0 bridgehead atoms. The monoisotopic (exact) mass is 640 g/mol. The highest BCUT2D eigenvalue weighted by molar-refractivity contribution is 7.92. The number of anilines is 2. The predicted molar refractivity (Wildman–Crippen MR) is 173 cm³/mol. The molecule has 2 amide bonds. The summed E-state index contributed by atoms with van der Waals surface area (Å²) in [4.78, 5) is 40.5. The number of nitrogens with two attached hydrogens (primary N) is 1. The van der Waals surface area contributed by atoms with Gasteiger partial charge in [-0.3, -0.25) is 24.0 Å². The molecule has 13 heteroatoms. The second-order valence-electron chi connectivity index (χ2n) is 11.7. The van der Waals surface area contributed by atoms with Gasteiger partial charge in [0, 0.05) is 37.0 Å². The number of hydrogen-bond donors (Lipinski definition) is 3. The molecule has 0 aliphatic carbocycles. The van der Waals surface area contributed by atoms with Gasteiger partial charge < -0.3 is 25.3 Å². The summed E-state index contributed by atoms with van der Waals surface area (Å²) in [6.07, 6.45) is -0.375. The smallest absolute Gasteiger partial charge is 0.296 e. The van der Waals surface area contributed by atoms with E-state index in [9.17, 15) is 22.8 Å². The lowest BCUT2D eigenvalue weighted by Crippen LogP contribution is -2.38. The molecule has 4 N–H and O–H groups in total. The van der Waals surface area contributed by atoms with Crippen LogP contribution in [0.3, 0.4) is 0 Å². The van der Waals surface area contributed by atoms with Crippen LogP contribution in [0.5, 0.6) is 11.5 Å². The lowest BCUT2D eigenvalue weighted by atomic mass is 9.86. The molecule has 0 saturated carbocycles. The third-order valence-electron chi connectivity index (χ3n) is 7.39. The highest BCUT2D eigenvalue weighted by atomic mass is 32.2. The van der Waals surface area contributed by atoms with E-state index in [4.69, 9.17) is 19.9 Å². The minimum atomic E-state index is -4.00. The van der Waals surface area contributed by atoms with Crippen molar-refractivity contribution in [2.24, 2.45) is 5.73 Å². The number of Topliss-reactive ketones (excluding diaryl/α,β-unsaturated/α-hetero) is 1. The Balaban J connectivity index is 1.60. The molecule has 0 radical (unpaired) electrons. The molecule has 45 heavy (non-hydrogen) atoms. The van der Waals surface area contributed by atoms with Crippen molar-refractivity contribution < 1.29 is 37.0 Å². The first kappa shape index (κ1) is 33.7. The van der Waals surface area contributed by atoms with E-state index in [0.717, 1.165) is 19.6 Å². The number of rotatable bonds is 13. The second kappa shape index (κ2) is 14.3. The summed E-state index contributed by atoms with van der Waals surface area (Å²) >= 11 is 0. The van der Waals surface area contributed by atoms with Crippen LogP contribution in [0.25, 0.3) is 10.8 Å². The molecule has 12 nitrogen and oxygen atoms in total. The fraction of sp³-hybridized carbons (Fsp3) is 0.406. The largest absolute Gasteiger partial charge is 0.492 e. The maximum Gasteiger partial charge on any atom is 0.296 e. The predicted octanol–water partition coefficient (Wildman–Crippen LogP) is 3.30. The van der Waals surface area contributed by atoms with Gasteiger partial charge >= 0.3 is 0 Å². The zero-order chi connectivity index (χ0) is 32.8. The Morgan fingerprint density at radius 2 is 1.67 bits per heavy atom. The third-order valence-corrected chi connectivity index (χ3v) is 8.67. The number of benzene rings is 3. The summed E-state index contributed by atoms with van der Waals surface area (Å²) in [5, 5.41) is 3.88. The Hall–Kier alpha value is -4.20. The van der Waals surface area contributed by atoms with Crippen molar-refractivity contribution in [3.63, 3.8) is 0 Å². The molecule has 3 aromatic rings. The topological polar surface area (TPSA) is 166 Å². The van der Waals surface area contributed by atoms with Crippen molar-refractivity contribution in [2.45, 2.75) is 32.6 Å². The van der Waals surface area contributed by atoms with Gasteiger partial charge in [-0.25, -0.2) is 8.42 Å². The molecule has 0 aromatic heterocycles. The van der Waals surface area contributed by atoms with Crippen LogP contribution in [0, 0.1) is 0 Å². The first-order valence-corrected chi connectivity index (χ1v) is 16.3. The summed E-state index contributed by atoms with van der Waals surface area (Å²) in [5.41, 5.74) is 5.64. The summed E-state index contributed by atoms with van der Waals surface area (Å²) < 4.78 is 44.8. The fourth-order valence-electron chi connectivity index (χ4n) is 4.91. The van der Waals surface area contributed by atoms with E-state index in [1.807, 2.05) is 32.9 Å². The Kier molecular flexibility index (Phi) is 10.7. The summed E-state index contributed by atoms with van der Waals surface area (Å²) in [5.74, 6) is -2.43. The number of ketones is 1. The lowest BCUT2D eigenvalue weighted by molar-refractivity contribution is -0.117. The number of amides is 2. The van der Waals surface area contributed by atoms with Crippen molar-refractivity contribution in [3.8, 4) is 11.5 Å². The number of carbonyl (C=O) groups excluding carboxylic acids is 3. The maximum absolute atomic E-state index is 13.6. The molecule has 0 spiro atoms. The van der Waals surface area contributed by atoms with Gasteiger partial charge in [0.15, 0.2) is 5.75 Å². The number of hydrogen-bond acceptors (Lipinski definition) is 9. The minimum Gasteiger partial charge on any atom is -0.492 e. The van der Waals surface area contributed by atoms with Gasteiger partial charge in [0.05, 0.1) is 37.5 Å². The van der Waals surface area contributed by atoms with Gasteiger partial charge in [-0.15, -0.1) is 0 Å². The molecular formula is C32H40N4O8S. The van der Waals surface area contributed by atoms with Crippen LogP contribution >= 0.6 is 0 Å². The van der Waals surface area contributed by atoms with E-state index < -0.39 is 38.8 Å². The van der Waals surface area contributed by atoms with Crippen molar-refractivity contribution in [1.29, 1.82) is 0 Å². The van der Waals surface area contributed by atoms with Gasteiger partial charge in [-0.05, 0) is 40.6 Å². The quantitative estimate of drug-likeness (QED) is 0.188. The van der Waals surface area contributed by atoms with Crippen molar-refractivity contribution in [3.05, 3.63) is 59.7 Å². The zero-order valence-corrected chi connectivity index (χ0v) is 26.8. The SMILES string of the molecule is COc1c(NC(=O)C(=O)c2ccc(OCCN3CCOCC3)c3ccccc23)cc(C(C)(C)C)cc1NS(=O)(=O)CCC(N)=O. The Labute approximate surface area is 263 Å². The Bertz CT molecular complexity index is 1680. The highest BCUT2D eigenvalue weighted by Crippen LogP contribution is 2.39. The van der Waals surface area contributed by atoms with Crippen LogP contribution in [0.15, 0.2) is 48.5 Å². The summed E-state index contributed by atoms with van der Waals surface area (Å²) in [7, 11) is -2.69. The van der Waals surface area contributed by atoms with Crippen LogP contribution in [-0.4, -0.2) is 83.2 Å². The number of ether oxygens (including phenoxy) is 3. The molecule has 4 rings (SSSR count). The highest BCUT2D eigenvalue weighted by Gasteiger charge is 2.26. The molecule has 1 aliphatic rings. The van der Waals surface area contributed by atoms with Crippen LogP contribution in [0.4, 0.5) is 11.4 Å². The normalized spacial score (nSPS) is 14.1. The van der Waals surface area contributed by atoms with Crippen molar-refractivity contribution >= 4 is 49.8 Å². The number of nitrogens with zero attached hydrogens (tertiary/aromatic N) is 1. The van der Waals surface area contributed by atoms with Gasteiger partial charge in [-0.1, -0.05) is 45.0 Å². The van der Waals surface area contributed by atoms with Gasteiger partial charge in [0.25, 0.3) is 11.7 Å². The van der Waals surface area contributed by atoms with Gasteiger partial charge in [-0.2, -0.15) is 0 Å². The first-order chi connectivity index (χ1) is 21.3. The van der Waals surface area contributed by atoms with E-state index in [2.05, 4.69) is 14.9 Å². The van der Waals surface area contributed by atoms with Crippen LogP contribution in [0.2, 0.25) is 0 Å². The first-order valence-electron chi connectivity index (χ1n) is 14.6. The van der Waals surface area contributed by atoms with Crippen LogP contribution in [0.1, 0.15) is 43.1 Å². The standard InChI is InChI=1S/C32H40N4O8S/c1-32(2,3)21-19-25(30(42-4)26(20-21)35-45(40,41)18-11-28(33)37)34-31(39)29(38)24-9-10-27(23-8-6-5-7-22(23)24)44-17-14-36-12-15-43-16-13-36/h5-10,19-20,35H,11-18H2,1-4H3,(H2,33,37)(H,34,39). The number of morpholine rings is 1. The van der Waals surface area contributed by atoms with Crippen LogP contribution < -0.4 is 25.2 Å². The number of sulfonamides is 1. The molecule has 1 aliphatic heterocycles. The second-order valence-corrected chi connectivity index (χ2v) is 13.6. The molecule has 1 fully saturated rings. The molecule has 0 unspecified atom stereocenters. The Morgan fingerprint density at radius 3 is 2.31 bits per heavy atom. The number of primary amides is 1. The molecule has 242 valence electrons. The van der Waals surface area contributed by atoms with E-state index >= 15 is 0 Å². The molecule has 1 heterocycles. The summed E-state index contributed by atoms with van der Waals surface area (Å²) in [6.45, 7) is 10.0. The molecule has 1 saturated heterocycles. The van der Waals surface area contributed by atoms with E-state index in [-0.39, 0.29) is 29.1 Å². The number of carbonyl (C=O) groups is 3. The van der Waals surface area contributed by atoms with Crippen LogP contribution in [-0.2, 0) is 29.8 Å². The van der Waals surface area contributed by atoms with E-state index in [1.165, 1.54) is 7.11 Å². The minimum absolute atomic E-state index is 0.000624. The maximum atomic E-state index is 13.6. The lowest BCUT2D eigenvalue weighted by Gasteiger charge is -2.26. The number of nitrogens with one attached hydrogen (secondary N) is 2. The molecular weight excluding hydrogens is 600 g/mol. The number of methoxy groups -OCH3 is 1. The summed E-state index contributed by atoms with van der Waals surface area (Å²) in [6, 6.07) is 13.7. The van der Waals surface area contributed by atoms with E-state index in [0.29, 0.717) is 41.9 Å². The van der Waals surface area contributed by atoms with Crippen molar-refractivity contribution in [2.75, 3.05) is 62.4 Å². The third kappa shape index (κ3) is 8.71. The van der Waals surface area contributed by atoms with Crippen molar-refractivity contribution in [1.82, 2.24) is 4.90 Å². The molecule has 0 atom stereocenters. The Morgan fingerprint density at radius 1 is 1.00 bits per heavy atom.